The molecule has 0 aliphatic carbocycles. The zero-order valence-electron chi connectivity index (χ0n) is 12.7. The summed E-state index contributed by atoms with van der Waals surface area (Å²) in [6, 6.07) is 7.82. The zero-order valence-corrected chi connectivity index (χ0v) is 12.7. The molecular weight excluding hydrogens is 254 g/mol. The van der Waals surface area contributed by atoms with Gasteiger partial charge in [0, 0.05) is 6.04 Å². The van der Waals surface area contributed by atoms with Crippen molar-refractivity contribution in [3.63, 3.8) is 0 Å². The molecule has 1 aromatic rings. The molecule has 20 heavy (non-hydrogen) atoms. The average Bonchev–Trinajstić information content (AvgIpc) is 2.38. The Hall–Kier alpha value is -1.55. The van der Waals surface area contributed by atoms with Crippen LogP contribution in [0.2, 0.25) is 0 Å². The van der Waals surface area contributed by atoms with Crippen LogP contribution in [-0.2, 0) is 11.2 Å². The van der Waals surface area contributed by atoms with Gasteiger partial charge < -0.3 is 15.2 Å². The molecule has 0 bridgehead atoms. The van der Waals surface area contributed by atoms with Gasteiger partial charge in [0.25, 0.3) is 0 Å². The number of nitrogens with one attached hydrogen (secondary N) is 1. The summed E-state index contributed by atoms with van der Waals surface area (Å²) in [7, 11) is 1.64. The van der Waals surface area contributed by atoms with Crippen LogP contribution in [0.5, 0.6) is 5.75 Å². The second kappa shape index (κ2) is 7.90. The van der Waals surface area contributed by atoms with Crippen LogP contribution in [0.25, 0.3) is 0 Å². The molecule has 0 aromatic heterocycles. The Morgan fingerprint density at radius 1 is 1.35 bits per heavy atom. The van der Waals surface area contributed by atoms with Gasteiger partial charge in [0.05, 0.1) is 19.6 Å². The van der Waals surface area contributed by atoms with Gasteiger partial charge in [-0.25, -0.2) is 0 Å². The lowest BCUT2D eigenvalue weighted by Gasteiger charge is -2.18. The Kier molecular flexibility index (Phi) is 6.52. The van der Waals surface area contributed by atoms with Gasteiger partial charge in [-0.05, 0) is 37.0 Å². The molecule has 112 valence electrons. The molecule has 0 saturated carbocycles. The normalized spacial score (nSPS) is 13.9. The number of carbonyl (C=O) groups excluding carboxylic acids is 1. The smallest absolute Gasteiger partial charge is 0.222 e. The van der Waals surface area contributed by atoms with E-state index in [1.54, 1.807) is 7.11 Å². The molecule has 1 rings (SSSR count). The highest BCUT2D eigenvalue weighted by atomic mass is 16.5. The first-order valence-electron chi connectivity index (χ1n) is 7.02. The van der Waals surface area contributed by atoms with Crippen molar-refractivity contribution in [2.75, 3.05) is 7.11 Å². The van der Waals surface area contributed by atoms with Crippen molar-refractivity contribution >= 4 is 5.91 Å². The van der Waals surface area contributed by atoms with Crippen LogP contribution in [-0.4, -0.2) is 30.3 Å². The van der Waals surface area contributed by atoms with E-state index in [-0.39, 0.29) is 24.3 Å². The zero-order chi connectivity index (χ0) is 15.1. The molecule has 0 radical (unpaired) electrons. The Balaban J connectivity index is 2.46. The van der Waals surface area contributed by atoms with Gasteiger partial charge in [-0.1, -0.05) is 26.0 Å². The number of aliphatic hydroxyl groups is 1. The predicted octanol–water partition coefficient (Wildman–Crippen LogP) is 2.15. The standard InChI is InChI=1S/C16H25NO3/c1-11(2)15(18)10-16(19)17-12(3)8-13-6-5-7-14(9-13)20-4/h5-7,9,11-12,15,18H,8,10H2,1-4H3,(H,17,19). The van der Waals surface area contributed by atoms with Crippen LogP contribution in [0.1, 0.15) is 32.8 Å². The van der Waals surface area contributed by atoms with E-state index >= 15 is 0 Å². The second-order valence-electron chi connectivity index (χ2n) is 5.54. The van der Waals surface area contributed by atoms with Crippen molar-refractivity contribution in [2.24, 2.45) is 5.92 Å². The first-order chi connectivity index (χ1) is 9.42. The third kappa shape index (κ3) is 5.61. The fourth-order valence-electron chi connectivity index (χ4n) is 1.96. The summed E-state index contributed by atoms with van der Waals surface area (Å²) in [6.45, 7) is 5.76. The van der Waals surface area contributed by atoms with Crippen LogP contribution < -0.4 is 10.1 Å². The summed E-state index contributed by atoms with van der Waals surface area (Å²) in [5.74, 6) is 0.798. The van der Waals surface area contributed by atoms with E-state index in [9.17, 15) is 9.90 Å². The molecule has 0 aliphatic heterocycles. The summed E-state index contributed by atoms with van der Waals surface area (Å²) in [5.41, 5.74) is 1.11. The largest absolute Gasteiger partial charge is 0.497 e. The number of hydrogen-bond acceptors (Lipinski definition) is 3. The maximum atomic E-state index is 11.8. The first kappa shape index (κ1) is 16.5. The van der Waals surface area contributed by atoms with E-state index < -0.39 is 6.10 Å². The molecule has 0 saturated heterocycles. The molecule has 0 heterocycles. The number of methoxy groups -OCH3 is 1. The summed E-state index contributed by atoms with van der Waals surface area (Å²) in [6.07, 6.45) is 0.305. The van der Waals surface area contributed by atoms with Gasteiger partial charge in [0.1, 0.15) is 5.75 Å². The van der Waals surface area contributed by atoms with Gasteiger partial charge in [0.15, 0.2) is 0 Å². The molecule has 2 atom stereocenters. The van der Waals surface area contributed by atoms with Crippen LogP contribution in [0.3, 0.4) is 0 Å². The number of ether oxygens (including phenoxy) is 1. The third-order valence-electron chi connectivity index (χ3n) is 3.25. The summed E-state index contributed by atoms with van der Waals surface area (Å²) in [5, 5.41) is 12.6. The SMILES string of the molecule is COc1cccc(CC(C)NC(=O)CC(O)C(C)C)c1. The molecule has 1 amide bonds. The number of carbonyl (C=O) groups is 1. The van der Waals surface area contributed by atoms with Gasteiger partial charge in [-0.2, -0.15) is 0 Å². The summed E-state index contributed by atoms with van der Waals surface area (Å²) in [4.78, 5) is 11.8. The van der Waals surface area contributed by atoms with E-state index in [2.05, 4.69) is 5.32 Å². The molecule has 0 fully saturated rings. The Bertz CT molecular complexity index is 431. The maximum absolute atomic E-state index is 11.8. The lowest BCUT2D eigenvalue weighted by atomic mass is 10.0. The monoisotopic (exact) mass is 279 g/mol. The van der Waals surface area contributed by atoms with Crippen LogP contribution in [0, 0.1) is 5.92 Å². The highest BCUT2D eigenvalue weighted by molar-refractivity contribution is 5.76. The van der Waals surface area contributed by atoms with Gasteiger partial charge in [0.2, 0.25) is 5.91 Å². The third-order valence-corrected chi connectivity index (χ3v) is 3.25. The van der Waals surface area contributed by atoms with Gasteiger partial charge in [-0.3, -0.25) is 4.79 Å². The van der Waals surface area contributed by atoms with Crippen molar-refractivity contribution in [1.29, 1.82) is 0 Å². The topological polar surface area (TPSA) is 58.6 Å². The molecule has 4 nitrogen and oxygen atoms in total. The van der Waals surface area contributed by atoms with E-state index in [4.69, 9.17) is 4.74 Å². The highest BCUT2D eigenvalue weighted by Crippen LogP contribution is 2.14. The van der Waals surface area contributed by atoms with Gasteiger partial charge in [-0.15, -0.1) is 0 Å². The van der Waals surface area contributed by atoms with Crippen molar-refractivity contribution in [2.45, 2.75) is 45.8 Å². The Labute approximate surface area is 121 Å². The first-order valence-corrected chi connectivity index (χ1v) is 7.02. The lowest BCUT2D eigenvalue weighted by Crippen LogP contribution is -2.36. The van der Waals surface area contributed by atoms with Gasteiger partial charge >= 0.3 is 0 Å². The second-order valence-corrected chi connectivity index (χ2v) is 5.54. The summed E-state index contributed by atoms with van der Waals surface area (Å²) >= 11 is 0. The summed E-state index contributed by atoms with van der Waals surface area (Å²) < 4.78 is 5.18. The molecule has 1 aromatic carbocycles. The number of rotatable bonds is 7. The maximum Gasteiger partial charge on any atom is 0.222 e. The number of hydrogen-bond donors (Lipinski definition) is 2. The number of benzene rings is 1. The predicted molar refractivity (Wildman–Crippen MR) is 79.8 cm³/mol. The molecule has 2 unspecified atom stereocenters. The molecular formula is C16H25NO3. The van der Waals surface area contributed by atoms with Crippen molar-refractivity contribution < 1.29 is 14.6 Å². The fourth-order valence-corrected chi connectivity index (χ4v) is 1.96. The molecule has 4 heteroatoms. The Morgan fingerprint density at radius 2 is 2.05 bits per heavy atom. The van der Waals surface area contributed by atoms with E-state index in [1.807, 2.05) is 45.0 Å². The van der Waals surface area contributed by atoms with Crippen LogP contribution in [0.15, 0.2) is 24.3 Å². The number of amides is 1. The van der Waals surface area contributed by atoms with E-state index in [0.717, 1.165) is 17.7 Å². The fraction of sp³-hybridized carbons (Fsp3) is 0.562. The van der Waals surface area contributed by atoms with Crippen molar-refractivity contribution in [3.05, 3.63) is 29.8 Å². The van der Waals surface area contributed by atoms with E-state index in [0.29, 0.717) is 0 Å². The van der Waals surface area contributed by atoms with Crippen molar-refractivity contribution in [3.8, 4) is 5.75 Å². The number of aliphatic hydroxyl groups excluding tert-OH is 1. The minimum Gasteiger partial charge on any atom is -0.497 e. The van der Waals surface area contributed by atoms with E-state index in [1.165, 1.54) is 0 Å². The molecule has 0 aliphatic rings. The van der Waals surface area contributed by atoms with Crippen LogP contribution >= 0.6 is 0 Å². The Morgan fingerprint density at radius 3 is 2.65 bits per heavy atom. The average molecular weight is 279 g/mol. The minimum atomic E-state index is -0.584. The minimum absolute atomic E-state index is 0.0222. The quantitative estimate of drug-likeness (QED) is 0.804. The molecule has 0 spiro atoms. The van der Waals surface area contributed by atoms with Crippen LogP contribution in [0.4, 0.5) is 0 Å². The lowest BCUT2D eigenvalue weighted by molar-refractivity contribution is -0.124. The molecule has 2 N–H and O–H groups in total. The highest BCUT2D eigenvalue weighted by Gasteiger charge is 2.16. The van der Waals surface area contributed by atoms with Crippen molar-refractivity contribution in [1.82, 2.24) is 5.32 Å².